The van der Waals surface area contributed by atoms with E-state index in [2.05, 4.69) is 15.5 Å². The summed E-state index contributed by atoms with van der Waals surface area (Å²) in [4.78, 5) is 11.8. The summed E-state index contributed by atoms with van der Waals surface area (Å²) in [6.45, 7) is 3.27. The molecule has 1 amide bonds. The smallest absolute Gasteiger partial charge is 0.273 e. The molecule has 0 radical (unpaired) electrons. The van der Waals surface area contributed by atoms with Crippen LogP contribution in [-0.2, 0) is 14.8 Å². The zero-order valence-electron chi connectivity index (χ0n) is 11.2. The maximum Gasteiger partial charge on any atom is 0.273 e. The molecule has 1 aromatic heterocycles. The highest BCUT2D eigenvalue weighted by atomic mass is 32.2. The number of ether oxygens (including phenoxy) is 1. The summed E-state index contributed by atoms with van der Waals surface area (Å²) in [6, 6.07) is 0. The van der Waals surface area contributed by atoms with Gasteiger partial charge in [0.1, 0.15) is 4.90 Å². The van der Waals surface area contributed by atoms with Crippen molar-refractivity contribution >= 4 is 15.9 Å². The number of aromatic nitrogens is 2. The standard InChI is InChI=1S/C11H18N4O4S/c1-7-10(20(12,17)18)9(15-14-7)11(16)13-5-8-3-2-4-19-6-8/h8H,2-6H2,1H3,(H,13,16)(H,14,15)(H2,12,17,18). The molecular weight excluding hydrogens is 284 g/mol. The number of carbonyl (C=O) groups excluding carboxylic acids is 1. The van der Waals surface area contributed by atoms with Crippen molar-refractivity contribution in [2.45, 2.75) is 24.7 Å². The predicted octanol–water partition coefficient (Wildman–Crippen LogP) is -0.478. The lowest BCUT2D eigenvalue weighted by molar-refractivity contribution is 0.0535. The van der Waals surface area contributed by atoms with E-state index in [4.69, 9.17) is 9.88 Å². The van der Waals surface area contributed by atoms with Crippen molar-refractivity contribution in [1.82, 2.24) is 15.5 Å². The number of carbonyl (C=O) groups is 1. The van der Waals surface area contributed by atoms with Crippen molar-refractivity contribution in [2.24, 2.45) is 11.1 Å². The summed E-state index contributed by atoms with van der Waals surface area (Å²) in [5, 5.41) is 14.0. The minimum absolute atomic E-state index is 0.193. The van der Waals surface area contributed by atoms with E-state index in [1.54, 1.807) is 0 Å². The average molecular weight is 302 g/mol. The number of H-pyrrole nitrogens is 1. The summed E-state index contributed by atoms with van der Waals surface area (Å²) >= 11 is 0. The first-order valence-corrected chi connectivity index (χ1v) is 7.88. The molecule has 1 unspecified atom stereocenters. The molecule has 2 heterocycles. The van der Waals surface area contributed by atoms with Gasteiger partial charge in [-0.3, -0.25) is 9.89 Å². The van der Waals surface area contributed by atoms with Gasteiger partial charge in [0.15, 0.2) is 5.69 Å². The maximum atomic E-state index is 12.0. The van der Waals surface area contributed by atoms with Crippen LogP contribution in [0.3, 0.4) is 0 Å². The lowest BCUT2D eigenvalue weighted by atomic mass is 10.0. The summed E-state index contributed by atoms with van der Waals surface area (Å²) < 4.78 is 28.2. The molecule has 1 aromatic rings. The first-order valence-electron chi connectivity index (χ1n) is 6.33. The van der Waals surface area contributed by atoms with Crippen LogP contribution < -0.4 is 10.5 Å². The average Bonchev–Trinajstić information content (AvgIpc) is 2.79. The van der Waals surface area contributed by atoms with Gasteiger partial charge < -0.3 is 10.1 Å². The minimum atomic E-state index is -3.99. The van der Waals surface area contributed by atoms with Crippen LogP contribution in [0.2, 0.25) is 0 Å². The van der Waals surface area contributed by atoms with Crippen LogP contribution in [0, 0.1) is 12.8 Å². The quantitative estimate of drug-likeness (QED) is 0.692. The third-order valence-corrected chi connectivity index (χ3v) is 4.27. The van der Waals surface area contributed by atoms with Gasteiger partial charge in [0.2, 0.25) is 10.0 Å². The zero-order chi connectivity index (χ0) is 14.8. The summed E-state index contributed by atoms with van der Waals surface area (Å²) in [5.74, 6) is -0.311. The molecule has 1 aliphatic heterocycles. The van der Waals surface area contributed by atoms with Crippen LogP contribution in [0.25, 0.3) is 0 Å². The van der Waals surface area contributed by atoms with Crippen molar-refractivity contribution in [2.75, 3.05) is 19.8 Å². The van der Waals surface area contributed by atoms with Crippen molar-refractivity contribution in [3.05, 3.63) is 11.4 Å². The fourth-order valence-corrected chi connectivity index (χ4v) is 3.09. The highest BCUT2D eigenvalue weighted by Crippen LogP contribution is 2.16. The molecule has 112 valence electrons. The van der Waals surface area contributed by atoms with Gasteiger partial charge in [-0.2, -0.15) is 5.10 Å². The molecule has 1 fully saturated rings. The third kappa shape index (κ3) is 3.35. The van der Waals surface area contributed by atoms with Crippen LogP contribution in [-0.4, -0.2) is 44.3 Å². The number of nitrogens with zero attached hydrogens (tertiary/aromatic N) is 1. The molecule has 2 rings (SSSR count). The Balaban J connectivity index is 2.06. The van der Waals surface area contributed by atoms with Gasteiger partial charge in [-0.25, -0.2) is 13.6 Å². The monoisotopic (exact) mass is 302 g/mol. The van der Waals surface area contributed by atoms with Gasteiger partial charge in [0.25, 0.3) is 5.91 Å². The fourth-order valence-electron chi connectivity index (χ4n) is 2.21. The van der Waals surface area contributed by atoms with Gasteiger partial charge in [-0.1, -0.05) is 0 Å². The third-order valence-electron chi connectivity index (χ3n) is 3.20. The van der Waals surface area contributed by atoms with E-state index in [1.165, 1.54) is 6.92 Å². The number of nitrogens with one attached hydrogen (secondary N) is 2. The molecule has 4 N–H and O–H groups in total. The molecule has 20 heavy (non-hydrogen) atoms. The topological polar surface area (TPSA) is 127 Å². The number of amides is 1. The second kappa shape index (κ2) is 5.90. The Labute approximate surface area is 117 Å². The summed E-state index contributed by atoms with van der Waals surface area (Å²) in [6.07, 6.45) is 1.94. The Morgan fingerprint density at radius 2 is 2.35 bits per heavy atom. The Hall–Kier alpha value is -1.45. The summed E-state index contributed by atoms with van der Waals surface area (Å²) in [5.41, 5.74) is 0.0559. The molecule has 1 aliphatic rings. The van der Waals surface area contributed by atoms with Crippen molar-refractivity contribution in [3.63, 3.8) is 0 Å². The number of nitrogens with two attached hydrogens (primary N) is 1. The molecule has 0 aliphatic carbocycles. The van der Waals surface area contributed by atoms with Crippen LogP contribution in [0.5, 0.6) is 0 Å². The van der Waals surface area contributed by atoms with E-state index in [-0.39, 0.29) is 22.2 Å². The molecule has 1 atom stereocenters. The largest absolute Gasteiger partial charge is 0.381 e. The van der Waals surface area contributed by atoms with Gasteiger partial charge in [0, 0.05) is 13.2 Å². The Kier molecular flexibility index (Phi) is 4.41. The van der Waals surface area contributed by atoms with E-state index in [9.17, 15) is 13.2 Å². The molecule has 8 nitrogen and oxygen atoms in total. The van der Waals surface area contributed by atoms with Crippen LogP contribution >= 0.6 is 0 Å². The Morgan fingerprint density at radius 3 is 2.95 bits per heavy atom. The van der Waals surface area contributed by atoms with Crippen LogP contribution in [0.15, 0.2) is 4.90 Å². The molecule has 0 aromatic carbocycles. The van der Waals surface area contributed by atoms with Crippen LogP contribution in [0.4, 0.5) is 0 Å². The van der Waals surface area contributed by atoms with E-state index in [0.29, 0.717) is 13.2 Å². The Bertz CT molecular complexity index is 590. The van der Waals surface area contributed by atoms with E-state index < -0.39 is 15.9 Å². The van der Waals surface area contributed by atoms with E-state index in [0.717, 1.165) is 19.4 Å². The second-order valence-corrected chi connectivity index (χ2v) is 6.36. The molecular formula is C11H18N4O4S. The number of primary sulfonamides is 1. The molecule has 0 spiro atoms. The second-order valence-electron chi connectivity index (χ2n) is 4.86. The van der Waals surface area contributed by atoms with Crippen molar-refractivity contribution in [1.29, 1.82) is 0 Å². The van der Waals surface area contributed by atoms with Gasteiger partial charge >= 0.3 is 0 Å². The molecule has 9 heteroatoms. The number of hydrogen-bond donors (Lipinski definition) is 3. The number of sulfonamides is 1. The van der Waals surface area contributed by atoms with E-state index >= 15 is 0 Å². The lowest BCUT2D eigenvalue weighted by Gasteiger charge is -2.21. The van der Waals surface area contributed by atoms with Crippen LogP contribution in [0.1, 0.15) is 29.0 Å². The first-order chi connectivity index (χ1) is 9.39. The van der Waals surface area contributed by atoms with Gasteiger partial charge in [-0.15, -0.1) is 0 Å². The van der Waals surface area contributed by atoms with Crippen molar-refractivity contribution in [3.8, 4) is 0 Å². The highest BCUT2D eigenvalue weighted by Gasteiger charge is 2.26. The van der Waals surface area contributed by atoms with Crippen molar-refractivity contribution < 1.29 is 17.9 Å². The lowest BCUT2D eigenvalue weighted by Crippen LogP contribution is -2.34. The van der Waals surface area contributed by atoms with E-state index in [1.807, 2.05) is 0 Å². The SMILES string of the molecule is Cc1[nH]nc(C(=O)NCC2CCCOC2)c1S(N)(=O)=O. The molecule has 0 bridgehead atoms. The highest BCUT2D eigenvalue weighted by molar-refractivity contribution is 7.89. The normalized spacial score (nSPS) is 19.8. The van der Waals surface area contributed by atoms with Gasteiger partial charge in [-0.05, 0) is 25.7 Å². The summed E-state index contributed by atoms with van der Waals surface area (Å²) in [7, 11) is -3.99. The molecule has 1 saturated heterocycles. The number of aryl methyl sites for hydroxylation is 1. The Morgan fingerprint density at radius 1 is 1.60 bits per heavy atom. The first kappa shape index (κ1) is 14.9. The number of hydrogen-bond acceptors (Lipinski definition) is 5. The minimum Gasteiger partial charge on any atom is -0.381 e. The zero-order valence-corrected chi connectivity index (χ0v) is 12.0. The van der Waals surface area contributed by atoms with Gasteiger partial charge in [0.05, 0.1) is 12.3 Å². The molecule has 0 saturated carbocycles. The number of aromatic amines is 1. The number of rotatable bonds is 4. The fraction of sp³-hybridized carbons (Fsp3) is 0.636. The predicted molar refractivity (Wildman–Crippen MR) is 70.6 cm³/mol. The maximum absolute atomic E-state index is 12.0.